The first-order chi connectivity index (χ1) is 17.2. The van der Waals surface area contributed by atoms with Crippen LogP contribution >= 0.6 is 0 Å². The normalized spacial score (nSPS) is 13.9. The van der Waals surface area contributed by atoms with E-state index in [1.165, 1.54) is 52.5 Å². The second-order valence-electron chi connectivity index (χ2n) is 8.29. The van der Waals surface area contributed by atoms with Crippen LogP contribution in [0.1, 0.15) is 21.7 Å². The highest BCUT2D eigenvalue weighted by Gasteiger charge is 2.35. The van der Waals surface area contributed by atoms with Crippen molar-refractivity contribution in [2.75, 3.05) is 26.2 Å². The maximum Gasteiger partial charge on any atom is 0.334 e. The van der Waals surface area contributed by atoms with Crippen LogP contribution in [0, 0.1) is 17.0 Å². The molecule has 0 spiro atoms. The first kappa shape index (κ1) is 24.9. The summed E-state index contributed by atoms with van der Waals surface area (Å²) in [6.07, 6.45) is 1.40. The van der Waals surface area contributed by atoms with E-state index in [2.05, 4.69) is 0 Å². The maximum absolute atomic E-state index is 13.5. The SMILES string of the molecule is Cc1ccc(S(=O)(=O)N(Cc2cccc([N+](=O)[O-])c2)C(=O)N2CCN(C(=O)c3ccco3)CC2)cc1. The van der Waals surface area contributed by atoms with Gasteiger partial charge in [0.1, 0.15) is 0 Å². The molecule has 2 aromatic carbocycles. The van der Waals surface area contributed by atoms with Gasteiger partial charge in [-0.3, -0.25) is 14.9 Å². The van der Waals surface area contributed by atoms with Gasteiger partial charge in [-0.25, -0.2) is 17.5 Å². The number of nitro groups is 1. The Morgan fingerprint density at radius 1 is 1.00 bits per heavy atom. The fourth-order valence-electron chi connectivity index (χ4n) is 3.84. The molecule has 1 saturated heterocycles. The molecule has 36 heavy (non-hydrogen) atoms. The zero-order chi connectivity index (χ0) is 25.9. The first-order valence-corrected chi connectivity index (χ1v) is 12.6. The Labute approximate surface area is 207 Å². The standard InChI is InChI=1S/C24H24N4O7S/c1-18-7-9-21(10-8-18)36(33,34)27(17-19-4-2-5-20(16-19)28(31)32)24(30)26-13-11-25(12-14-26)23(29)22-6-3-15-35-22/h2-10,15-16H,11-14,17H2,1H3. The number of sulfonamides is 1. The lowest BCUT2D eigenvalue weighted by Crippen LogP contribution is -2.54. The summed E-state index contributed by atoms with van der Waals surface area (Å²) in [5.41, 5.74) is 0.931. The monoisotopic (exact) mass is 512 g/mol. The molecule has 0 bridgehead atoms. The molecular weight excluding hydrogens is 488 g/mol. The van der Waals surface area contributed by atoms with Gasteiger partial charge in [0.2, 0.25) is 0 Å². The molecule has 3 amide bonds. The molecule has 1 fully saturated rings. The van der Waals surface area contributed by atoms with Crippen molar-refractivity contribution >= 4 is 27.6 Å². The lowest BCUT2D eigenvalue weighted by molar-refractivity contribution is -0.384. The lowest BCUT2D eigenvalue weighted by atomic mass is 10.2. The van der Waals surface area contributed by atoms with Gasteiger partial charge >= 0.3 is 6.03 Å². The number of hydrogen-bond acceptors (Lipinski definition) is 7. The second kappa shape index (κ2) is 10.2. The van der Waals surface area contributed by atoms with E-state index in [9.17, 15) is 28.1 Å². The van der Waals surface area contributed by atoms with Crippen molar-refractivity contribution in [3.63, 3.8) is 0 Å². The van der Waals surface area contributed by atoms with Crippen LogP contribution in [0.2, 0.25) is 0 Å². The molecule has 0 unspecified atom stereocenters. The van der Waals surface area contributed by atoms with Gasteiger partial charge in [-0.05, 0) is 36.8 Å². The first-order valence-electron chi connectivity index (χ1n) is 11.1. The zero-order valence-corrected chi connectivity index (χ0v) is 20.3. The zero-order valence-electron chi connectivity index (χ0n) is 19.4. The quantitative estimate of drug-likeness (QED) is 0.365. The van der Waals surface area contributed by atoms with Gasteiger partial charge in [-0.15, -0.1) is 0 Å². The topological polar surface area (TPSA) is 134 Å². The molecular formula is C24H24N4O7S. The van der Waals surface area contributed by atoms with Crippen molar-refractivity contribution in [3.05, 3.63) is 93.9 Å². The third kappa shape index (κ3) is 5.23. The summed E-state index contributed by atoms with van der Waals surface area (Å²) in [6.45, 7) is 2.04. The largest absolute Gasteiger partial charge is 0.459 e. The number of nitrogens with zero attached hydrogens (tertiary/aromatic N) is 4. The molecule has 0 radical (unpaired) electrons. The number of urea groups is 1. The average Bonchev–Trinajstić information content (AvgIpc) is 3.42. The molecule has 1 aliphatic heterocycles. The molecule has 3 aromatic rings. The molecule has 2 heterocycles. The molecule has 1 aliphatic rings. The minimum absolute atomic E-state index is 0.0708. The van der Waals surface area contributed by atoms with Crippen LogP contribution in [0.5, 0.6) is 0 Å². The molecule has 12 heteroatoms. The van der Waals surface area contributed by atoms with E-state index >= 15 is 0 Å². The predicted molar refractivity (Wildman–Crippen MR) is 129 cm³/mol. The van der Waals surface area contributed by atoms with Gasteiger partial charge < -0.3 is 14.2 Å². The van der Waals surface area contributed by atoms with E-state index < -0.39 is 21.0 Å². The number of carbonyl (C=O) groups excluding carboxylic acids is 2. The van der Waals surface area contributed by atoms with Gasteiger partial charge in [0, 0.05) is 38.3 Å². The Bertz CT molecular complexity index is 1360. The van der Waals surface area contributed by atoms with Crippen molar-refractivity contribution in [2.45, 2.75) is 18.4 Å². The van der Waals surface area contributed by atoms with Crippen molar-refractivity contribution < 1.29 is 27.3 Å². The Morgan fingerprint density at radius 2 is 1.67 bits per heavy atom. The summed E-state index contributed by atoms with van der Waals surface area (Å²) in [4.78, 5) is 39.5. The van der Waals surface area contributed by atoms with Crippen LogP contribution in [0.25, 0.3) is 0 Å². The van der Waals surface area contributed by atoms with Gasteiger partial charge in [-0.2, -0.15) is 0 Å². The van der Waals surface area contributed by atoms with E-state index in [-0.39, 0.29) is 55.0 Å². The Morgan fingerprint density at radius 3 is 2.28 bits per heavy atom. The molecule has 0 N–H and O–H groups in total. The number of furan rings is 1. The average molecular weight is 513 g/mol. The number of piperazine rings is 1. The van der Waals surface area contributed by atoms with Crippen molar-refractivity contribution in [2.24, 2.45) is 0 Å². The van der Waals surface area contributed by atoms with Crippen molar-refractivity contribution in [3.8, 4) is 0 Å². The summed E-state index contributed by atoms with van der Waals surface area (Å²) in [5.74, 6) is -0.128. The summed E-state index contributed by atoms with van der Waals surface area (Å²) in [5, 5.41) is 11.2. The van der Waals surface area contributed by atoms with Crippen LogP contribution in [0.4, 0.5) is 10.5 Å². The fraction of sp³-hybridized carbons (Fsp3) is 0.250. The van der Waals surface area contributed by atoms with Crippen LogP contribution in [-0.4, -0.2) is 65.6 Å². The molecule has 11 nitrogen and oxygen atoms in total. The Kier molecular flexibility index (Phi) is 7.06. The summed E-state index contributed by atoms with van der Waals surface area (Å²) in [7, 11) is -4.29. The summed E-state index contributed by atoms with van der Waals surface area (Å²) in [6, 6.07) is 14.0. The molecule has 0 atom stereocenters. The number of aryl methyl sites for hydroxylation is 1. The molecule has 1 aromatic heterocycles. The number of hydrogen-bond donors (Lipinski definition) is 0. The van der Waals surface area contributed by atoms with Crippen molar-refractivity contribution in [1.29, 1.82) is 0 Å². The minimum Gasteiger partial charge on any atom is -0.459 e. The summed E-state index contributed by atoms with van der Waals surface area (Å²) < 4.78 is 33.0. The highest BCUT2D eigenvalue weighted by Crippen LogP contribution is 2.23. The Balaban J connectivity index is 1.59. The van der Waals surface area contributed by atoms with Crippen LogP contribution in [-0.2, 0) is 16.6 Å². The number of non-ortho nitro benzene ring substituents is 1. The smallest absolute Gasteiger partial charge is 0.334 e. The molecule has 0 saturated carbocycles. The molecule has 188 valence electrons. The molecule has 0 aliphatic carbocycles. The number of amides is 3. The fourth-order valence-corrected chi connectivity index (χ4v) is 5.22. The van der Waals surface area contributed by atoms with E-state index in [1.54, 1.807) is 24.3 Å². The minimum atomic E-state index is -4.29. The lowest BCUT2D eigenvalue weighted by Gasteiger charge is -2.37. The van der Waals surface area contributed by atoms with Crippen molar-refractivity contribution in [1.82, 2.24) is 14.1 Å². The number of carbonyl (C=O) groups is 2. The molecule has 4 rings (SSSR count). The number of rotatable bonds is 6. The van der Waals surface area contributed by atoms with E-state index in [1.807, 2.05) is 6.92 Å². The maximum atomic E-state index is 13.5. The second-order valence-corrected chi connectivity index (χ2v) is 10.2. The predicted octanol–water partition coefficient (Wildman–Crippen LogP) is 3.27. The number of nitro benzene ring substituents is 1. The van der Waals surface area contributed by atoms with E-state index in [0.29, 0.717) is 5.56 Å². The third-order valence-electron chi connectivity index (χ3n) is 5.84. The highest BCUT2D eigenvalue weighted by atomic mass is 32.2. The van der Waals surface area contributed by atoms with E-state index in [4.69, 9.17) is 4.42 Å². The number of benzene rings is 2. The van der Waals surface area contributed by atoms with Crippen LogP contribution in [0.3, 0.4) is 0 Å². The summed E-state index contributed by atoms with van der Waals surface area (Å²) >= 11 is 0. The third-order valence-corrected chi connectivity index (χ3v) is 7.57. The van der Waals surface area contributed by atoms with Gasteiger partial charge in [0.25, 0.3) is 21.6 Å². The van der Waals surface area contributed by atoms with Gasteiger partial charge in [0.15, 0.2) is 5.76 Å². The highest BCUT2D eigenvalue weighted by molar-refractivity contribution is 7.89. The van der Waals surface area contributed by atoms with Crippen LogP contribution in [0.15, 0.2) is 76.2 Å². The van der Waals surface area contributed by atoms with Crippen LogP contribution < -0.4 is 0 Å². The van der Waals surface area contributed by atoms with Gasteiger partial charge in [-0.1, -0.05) is 29.8 Å². The Hall–Kier alpha value is -4.19. The van der Waals surface area contributed by atoms with E-state index in [0.717, 1.165) is 9.87 Å². The van der Waals surface area contributed by atoms with Gasteiger partial charge in [0.05, 0.1) is 22.6 Å².